The van der Waals surface area contributed by atoms with Crippen LogP contribution in [0, 0.1) is 0 Å². The zero-order chi connectivity index (χ0) is 34.6. The molecule has 0 amide bonds. The van der Waals surface area contributed by atoms with Gasteiger partial charge >= 0.3 is 0 Å². The molecule has 53 heavy (non-hydrogen) atoms. The first-order chi connectivity index (χ1) is 26.3. The van der Waals surface area contributed by atoms with Gasteiger partial charge in [0.2, 0.25) is 0 Å². The topological polar surface area (TPSA) is 17.3 Å². The summed E-state index contributed by atoms with van der Waals surface area (Å²) in [6, 6.07) is 66.8. The minimum absolute atomic E-state index is 0.993. The Morgan fingerprint density at radius 2 is 0.906 bits per heavy atom. The van der Waals surface area contributed by atoms with Gasteiger partial charge in [-0.15, -0.1) is 0 Å². The number of fused-ring (bicyclic) bond motifs is 18. The van der Waals surface area contributed by atoms with Gasteiger partial charge in [0.15, 0.2) is 0 Å². The Morgan fingerprint density at radius 1 is 0.321 bits per heavy atom. The van der Waals surface area contributed by atoms with Crippen LogP contribution in [0.15, 0.2) is 182 Å². The third-order valence-corrected chi connectivity index (χ3v) is 11.5. The maximum atomic E-state index is 5.21. The van der Waals surface area contributed by atoms with Crippen molar-refractivity contribution in [3.63, 3.8) is 0 Å². The Hall–Kier alpha value is -7.03. The van der Waals surface area contributed by atoms with Crippen molar-refractivity contribution in [3.05, 3.63) is 182 Å². The van der Waals surface area contributed by atoms with Crippen LogP contribution in [0.4, 0.5) is 0 Å². The Balaban J connectivity index is 1.14. The second-order valence-electron chi connectivity index (χ2n) is 14.3. The van der Waals surface area contributed by atoms with E-state index in [1.165, 1.54) is 92.3 Å². The summed E-state index contributed by atoms with van der Waals surface area (Å²) in [5, 5.41) is 16.5. The standard InChI is InChI=1S/C51H30N2/c1-2-15-35-31(12-1)24-27-43-49(35)42-26-25-33(29-48(42)53-47-23-10-9-22-46(47)52-51(43)53)32-13-11-14-34(28-32)44-30-45-38-18-4-3-16-36(38)37-17-5-7-20-40(37)50(45)41-21-8-6-19-39(41)44/h1-30H. The molecule has 10 aromatic carbocycles. The van der Waals surface area contributed by atoms with Gasteiger partial charge in [0.25, 0.3) is 0 Å². The smallest absolute Gasteiger partial charge is 0.146 e. The number of hydrogen-bond donors (Lipinski definition) is 0. The van der Waals surface area contributed by atoms with Gasteiger partial charge in [0.05, 0.1) is 16.6 Å². The molecule has 0 fully saturated rings. The molecule has 2 nitrogen and oxygen atoms in total. The minimum atomic E-state index is 0.993. The van der Waals surface area contributed by atoms with E-state index in [1.807, 2.05) is 0 Å². The second kappa shape index (κ2) is 10.7. The summed E-state index contributed by atoms with van der Waals surface area (Å²) in [5.74, 6) is 0. The SMILES string of the molecule is c1cc(-c2ccc3c4c5ccccc5ccc4c4nc5ccccc5n4c3c2)cc(-c2cc3c4ccccc4c4ccccc4c3c3ccccc23)c1. The summed E-state index contributed by atoms with van der Waals surface area (Å²) >= 11 is 0. The normalized spacial score (nSPS) is 12.2. The third-order valence-electron chi connectivity index (χ3n) is 11.5. The van der Waals surface area contributed by atoms with Gasteiger partial charge in [-0.1, -0.05) is 146 Å². The Labute approximate surface area is 304 Å². The lowest BCUT2D eigenvalue weighted by Crippen LogP contribution is -1.93. The number of benzene rings is 10. The van der Waals surface area contributed by atoms with Crippen molar-refractivity contribution in [2.75, 3.05) is 0 Å². The monoisotopic (exact) mass is 670 g/mol. The molecule has 0 saturated carbocycles. The quantitative estimate of drug-likeness (QED) is 0.167. The lowest BCUT2D eigenvalue weighted by molar-refractivity contribution is 1.32. The molecule has 0 N–H and O–H groups in total. The van der Waals surface area contributed by atoms with Crippen molar-refractivity contribution in [2.45, 2.75) is 0 Å². The fraction of sp³-hybridized carbons (Fsp3) is 0. The molecule has 0 spiro atoms. The van der Waals surface area contributed by atoms with Gasteiger partial charge in [0.1, 0.15) is 5.65 Å². The molecule has 0 aliphatic heterocycles. The molecule has 0 atom stereocenters. The van der Waals surface area contributed by atoms with Crippen LogP contribution in [0.25, 0.3) is 114 Å². The predicted molar refractivity (Wildman–Crippen MR) is 226 cm³/mol. The maximum absolute atomic E-state index is 5.21. The lowest BCUT2D eigenvalue weighted by atomic mass is 9.87. The number of para-hydroxylation sites is 2. The molecule has 2 heteroatoms. The van der Waals surface area contributed by atoms with E-state index in [1.54, 1.807) is 0 Å². The highest BCUT2D eigenvalue weighted by Crippen LogP contribution is 2.44. The van der Waals surface area contributed by atoms with E-state index >= 15 is 0 Å². The fourth-order valence-electron chi connectivity index (χ4n) is 9.18. The molecule has 244 valence electrons. The maximum Gasteiger partial charge on any atom is 0.146 e. The number of hydrogen-bond acceptors (Lipinski definition) is 1. The Morgan fingerprint density at radius 3 is 1.74 bits per heavy atom. The Bertz CT molecular complexity index is 3520. The minimum Gasteiger partial charge on any atom is -0.292 e. The van der Waals surface area contributed by atoms with Gasteiger partial charge in [-0.05, 0) is 113 Å². The summed E-state index contributed by atoms with van der Waals surface area (Å²) in [6.07, 6.45) is 0. The van der Waals surface area contributed by atoms with Crippen LogP contribution >= 0.6 is 0 Å². The first kappa shape index (κ1) is 28.6. The van der Waals surface area contributed by atoms with E-state index in [4.69, 9.17) is 4.98 Å². The number of aromatic nitrogens is 2. The van der Waals surface area contributed by atoms with Gasteiger partial charge in [-0.25, -0.2) is 4.98 Å². The van der Waals surface area contributed by atoms with E-state index in [-0.39, 0.29) is 0 Å². The average molecular weight is 671 g/mol. The van der Waals surface area contributed by atoms with Crippen LogP contribution in [-0.2, 0) is 0 Å². The van der Waals surface area contributed by atoms with Gasteiger partial charge < -0.3 is 0 Å². The van der Waals surface area contributed by atoms with Gasteiger partial charge in [-0.2, -0.15) is 0 Å². The molecular weight excluding hydrogens is 641 g/mol. The van der Waals surface area contributed by atoms with Crippen LogP contribution in [0.5, 0.6) is 0 Å². The van der Waals surface area contributed by atoms with E-state index in [9.17, 15) is 0 Å². The number of imidazole rings is 1. The molecule has 0 aliphatic carbocycles. The largest absolute Gasteiger partial charge is 0.292 e. The van der Waals surface area contributed by atoms with Gasteiger partial charge in [-0.3, -0.25) is 4.40 Å². The second-order valence-corrected chi connectivity index (χ2v) is 14.3. The first-order valence-electron chi connectivity index (χ1n) is 18.3. The van der Waals surface area contributed by atoms with Crippen molar-refractivity contribution >= 4 is 92.2 Å². The summed E-state index contributed by atoms with van der Waals surface area (Å²) in [4.78, 5) is 5.21. The lowest BCUT2D eigenvalue weighted by Gasteiger charge is -2.17. The first-order valence-corrected chi connectivity index (χ1v) is 18.3. The molecule has 0 aliphatic rings. The van der Waals surface area contributed by atoms with Gasteiger partial charge in [0, 0.05) is 16.2 Å². The third kappa shape index (κ3) is 4.01. The highest BCUT2D eigenvalue weighted by atomic mass is 15.0. The number of nitrogens with zero attached hydrogens (tertiary/aromatic N) is 2. The van der Waals surface area contributed by atoms with Crippen LogP contribution < -0.4 is 0 Å². The number of rotatable bonds is 2. The zero-order valence-corrected chi connectivity index (χ0v) is 28.7. The van der Waals surface area contributed by atoms with E-state index in [0.29, 0.717) is 0 Å². The molecule has 0 saturated heterocycles. The van der Waals surface area contributed by atoms with Crippen molar-refractivity contribution in [1.82, 2.24) is 9.38 Å². The van der Waals surface area contributed by atoms with Crippen molar-refractivity contribution < 1.29 is 0 Å². The molecule has 2 aromatic heterocycles. The molecule has 0 unspecified atom stereocenters. The highest BCUT2D eigenvalue weighted by molar-refractivity contribution is 6.33. The predicted octanol–water partition coefficient (Wildman–Crippen LogP) is 13.9. The van der Waals surface area contributed by atoms with Crippen LogP contribution in [0.3, 0.4) is 0 Å². The number of pyridine rings is 1. The zero-order valence-electron chi connectivity index (χ0n) is 28.7. The molecule has 2 heterocycles. The summed E-state index contributed by atoms with van der Waals surface area (Å²) in [5.41, 5.74) is 9.10. The van der Waals surface area contributed by atoms with Crippen LogP contribution in [-0.4, -0.2) is 9.38 Å². The molecular formula is C51H30N2. The molecule has 12 rings (SSSR count). The average Bonchev–Trinajstić information content (AvgIpc) is 3.63. The highest BCUT2D eigenvalue weighted by Gasteiger charge is 2.18. The van der Waals surface area contributed by atoms with E-state index < -0.39 is 0 Å². The summed E-state index contributed by atoms with van der Waals surface area (Å²) < 4.78 is 2.36. The molecule has 12 aromatic rings. The van der Waals surface area contributed by atoms with E-state index in [2.05, 4.69) is 186 Å². The fourth-order valence-corrected chi connectivity index (χ4v) is 9.18. The van der Waals surface area contributed by atoms with Crippen LogP contribution in [0.2, 0.25) is 0 Å². The summed E-state index contributed by atoms with van der Waals surface area (Å²) in [6.45, 7) is 0. The Kier molecular flexibility index (Phi) is 5.80. The van der Waals surface area contributed by atoms with Crippen molar-refractivity contribution in [2.24, 2.45) is 0 Å². The van der Waals surface area contributed by atoms with E-state index in [0.717, 1.165) is 22.2 Å². The van der Waals surface area contributed by atoms with Crippen molar-refractivity contribution in [1.29, 1.82) is 0 Å². The molecule has 0 bridgehead atoms. The molecule has 0 radical (unpaired) electrons. The van der Waals surface area contributed by atoms with Crippen LogP contribution in [0.1, 0.15) is 0 Å². The summed E-state index contributed by atoms with van der Waals surface area (Å²) in [7, 11) is 0. The van der Waals surface area contributed by atoms with Crippen molar-refractivity contribution in [3.8, 4) is 22.3 Å².